The van der Waals surface area contributed by atoms with Crippen LogP contribution in [0.5, 0.6) is 0 Å². The Balaban J connectivity index is 1.92. The number of pyridine rings is 1. The molecule has 4 heteroatoms. The molecule has 102 valence electrons. The maximum Gasteiger partial charge on any atom is 0.122 e. The van der Waals surface area contributed by atoms with E-state index in [0.29, 0.717) is 0 Å². The molecule has 0 aliphatic carbocycles. The number of hydrogen-bond donors (Lipinski definition) is 1. The fourth-order valence-electron chi connectivity index (χ4n) is 2.37. The molecule has 0 radical (unpaired) electrons. The van der Waals surface area contributed by atoms with Gasteiger partial charge in [-0.25, -0.2) is 4.98 Å². The van der Waals surface area contributed by atoms with Gasteiger partial charge in [-0.15, -0.1) is 0 Å². The van der Waals surface area contributed by atoms with Crippen LogP contribution in [0.1, 0.15) is 18.3 Å². The number of hydrogen-bond acceptors (Lipinski definition) is 3. The summed E-state index contributed by atoms with van der Waals surface area (Å²) in [5, 5.41) is 4.49. The van der Waals surface area contributed by atoms with E-state index in [1.165, 1.54) is 10.9 Å². The number of aromatic nitrogens is 3. The average molecular weight is 266 g/mol. The molecule has 0 bridgehead atoms. The van der Waals surface area contributed by atoms with E-state index >= 15 is 0 Å². The molecule has 0 atom stereocenters. The minimum absolute atomic E-state index is 0.793. The van der Waals surface area contributed by atoms with Crippen LogP contribution in [0.15, 0.2) is 48.9 Å². The average Bonchev–Trinajstić information content (AvgIpc) is 2.93. The van der Waals surface area contributed by atoms with Crippen molar-refractivity contribution in [3.63, 3.8) is 0 Å². The van der Waals surface area contributed by atoms with Gasteiger partial charge in [0.25, 0.3) is 0 Å². The number of benzene rings is 1. The van der Waals surface area contributed by atoms with Gasteiger partial charge < -0.3 is 9.88 Å². The van der Waals surface area contributed by atoms with Gasteiger partial charge in [-0.05, 0) is 18.2 Å². The highest BCUT2D eigenvalue weighted by molar-refractivity contribution is 5.81. The fraction of sp³-hybridized carbons (Fsp3) is 0.250. The summed E-state index contributed by atoms with van der Waals surface area (Å²) >= 11 is 0. The quantitative estimate of drug-likeness (QED) is 0.772. The summed E-state index contributed by atoms with van der Waals surface area (Å²) in [4.78, 5) is 8.91. The Morgan fingerprint density at radius 2 is 2.00 bits per heavy atom. The number of fused-ring (bicyclic) bond motifs is 1. The van der Waals surface area contributed by atoms with E-state index in [1.807, 2.05) is 24.7 Å². The molecule has 0 unspecified atom stereocenters. The molecule has 1 N–H and O–H groups in total. The predicted molar refractivity (Wildman–Crippen MR) is 80.5 cm³/mol. The Morgan fingerprint density at radius 3 is 2.90 bits per heavy atom. The van der Waals surface area contributed by atoms with Gasteiger partial charge in [0.05, 0.1) is 18.6 Å². The second-order valence-corrected chi connectivity index (χ2v) is 4.74. The Kier molecular flexibility index (Phi) is 3.74. The first-order chi connectivity index (χ1) is 9.88. The van der Waals surface area contributed by atoms with Crippen LogP contribution in [0.25, 0.3) is 10.9 Å². The van der Waals surface area contributed by atoms with Crippen molar-refractivity contribution in [3.05, 3.63) is 60.3 Å². The Labute approximate surface area is 118 Å². The lowest BCUT2D eigenvalue weighted by molar-refractivity contribution is 0.640. The summed E-state index contributed by atoms with van der Waals surface area (Å²) in [5.41, 5.74) is 2.29. The minimum atomic E-state index is 0.793. The molecule has 0 aliphatic heterocycles. The number of imidazole rings is 1. The van der Waals surface area contributed by atoms with Crippen molar-refractivity contribution in [3.8, 4) is 0 Å². The van der Waals surface area contributed by atoms with Crippen LogP contribution in [0, 0.1) is 0 Å². The number of nitrogens with zero attached hydrogens (tertiary/aromatic N) is 3. The first kappa shape index (κ1) is 12.8. The van der Waals surface area contributed by atoms with Crippen molar-refractivity contribution < 1.29 is 0 Å². The molecular weight excluding hydrogens is 248 g/mol. The van der Waals surface area contributed by atoms with Crippen molar-refractivity contribution in [2.45, 2.75) is 20.0 Å². The van der Waals surface area contributed by atoms with E-state index in [2.05, 4.69) is 51.0 Å². The van der Waals surface area contributed by atoms with Crippen molar-refractivity contribution >= 4 is 10.9 Å². The molecule has 2 aromatic heterocycles. The molecule has 2 heterocycles. The Morgan fingerprint density at radius 1 is 1.10 bits per heavy atom. The summed E-state index contributed by atoms with van der Waals surface area (Å²) in [7, 11) is 0. The monoisotopic (exact) mass is 266 g/mol. The van der Waals surface area contributed by atoms with Crippen LogP contribution >= 0.6 is 0 Å². The molecule has 3 aromatic rings. The summed E-state index contributed by atoms with van der Waals surface area (Å²) in [6.07, 6.45) is 5.72. The normalized spacial score (nSPS) is 11.1. The van der Waals surface area contributed by atoms with Gasteiger partial charge in [0.15, 0.2) is 0 Å². The summed E-state index contributed by atoms with van der Waals surface area (Å²) < 4.78 is 2.17. The molecular formula is C16H18N4. The van der Waals surface area contributed by atoms with E-state index in [4.69, 9.17) is 0 Å². The lowest BCUT2D eigenvalue weighted by Crippen LogP contribution is -2.16. The zero-order valence-corrected chi connectivity index (χ0v) is 11.6. The highest BCUT2D eigenvalue weighted by Crippen LogP contribution is 2.17. The van der Waals surface area contributed by atoms with E-state index in [0.717, 1.165) is 31.0 Å². The van der Waals surface area contributed by atoms with E-state index in [9.17, 15) is 0 Å². The summed E-state index contributed by atoms with van der Waals surface area (Å²) in [6, 6.07) is 10.4. The van der Waals surface area contributed by atoms with Crippen LogP contribution in [0.4, 0.5) is 0 Å². The largest absolute Gasteiger partial charge is 0.329 e. The number of nitrogens with one attached hydrogen (secondary N) is 1. The Bertz CT molecular complexity index is 697. The van der Waals surface area contributed by atoms with Gasteiger partial charge in [0.2, 0.25) is 0 Å². The first-order valence-electron chi connectivity index (χ1n) is 6.92. The maximum atomic E-state index is 4.50. The molecule has 20 heavy (non-hydrogen) atoms. The number of para-hydroxylation sites is 1. The van der Waals surface area contributed by atoms with Crippen LogP contribution in [-0.2, 0) is 13.1 Å². The van der Waals surface area contributed by atoms with Crippen LogP contribution in [0.2, 0.25) is 0 Å². The smallest absolute Gasteiger partial charge is 0.122 e. The highest BCUT2D eigenvalue weighted by atomic mass is 15.1. The second kappa shape index (κ2) is 5.84. The van der Waals surface area contributed by atoms with Crippen LogP contribution in [0.3, 0.4) is 0 Å². The molecule has 0 aliphatic rings. The SMILES string of the molecule is CCNCc1nccn1Cc1cccc2cccnc12. The molecule has 4 nitrogen and oxygen atoms in total. The van der Waals surface area contributed by atoms with Crippen molar-refractivity contribution in [1.82, 2.24) is 19.9 Å². The lowest BCUT2D eigenvalue weighted by Gasteiger charge is -2.10. The van der Waals surface area contributed by atoms with Crippen LogP contribution in [-0.4, -0.2) is 21.1 Å². The maximum absolute atomic E-state index is 4.50. The lowest BCUT2D eigenvalue weighted by atomic mass is 10.1. The van der Waals surface area contributed by atoms with Gasteiger partial charge in [-0.1, -0.05) is 31.2 Å². The molecule has 0 spiro atoms. The van der Waals surface area contributed by atoms with Gasteiger partial charge in [-0.3, -0.25) is 4.98 Å². The summed E-state index contributed by atoms with van der Waals surface area (Å²) in [6.45, 7) is 4.64. The summed E-state index contributed by atoms with van der Waals surface area (Å²) in [5.74, 6) is 1.06. The third-order valence-corrected chi connectivity index (χ3v) is 3.39. The zero-order valence-electron chi connectivity index (χ0n) is 11.6. The van der Waals surface area contributed by atoms with Gasteiger partial charge in [-0.2, -0.15) is 0 Å². The first-order valence-corrected chi connectivity index (χ1v) is 6.92. The minimum Gasteiger partial charge on any atom is -0.329 e. The second-order valence-electron chi connectivity index (χ2n) is 4.74. The fourth-order valence-corrected chi connectivity index (χ4v) is 2.37. The van der Waals surface area contributed by atoms with E-state index in [-0.39, 0.29) is 0 Å². The molecule has 0 saturated heterocycles. The van der Waals surface area contributed by atoms with E-state index in [1.54, 1.807) is 0 Å². The van der Waals surface area contributed by atoms with Crippen molar-refractivity contribution in [2.24, 2.45) is 0 Å². The highest BCUT2D eigenvalue weighted by Gasteiger charge is 2.06. The predicted octanol–water partition coefficient (Wildman–Crippen LogP) is 2.59. The third-order valence-electron chi connectivity index (χ3n) is 3.39. The topological polar surface area (TPSA) is 42.7 Å². The van der Waals surface area contributed by atoms with Gasteiger partial charge >= 0.3 is 0 Å². The van der Waals surface area contributed by atoms with Crippen molar-refractivity contribution in [2.75, 3.05) is 6.54 Å². The van der Waals surface area contributed by atoms with Crippen molar-refractivity contribution in [1.29, 1.82) is 0 Å². The Hall–Kier alpha value is -2.20. The number of rotatable bonds is 5. The molecule has 3 rings (SSSR count). The van der Waals surface area contributed by atoms with Crippen LogP contribution < -0.4 is 5.32 Å². The zero-order chi connectivity index (χ0) is 13.8. The van der Waals surface area contributed by atoms with Gasteiger partial charge in [0, 0.05) is 24.0 Å². The van der Waals surface area contributed by atoms with Gasteiger partial charge in [0.1, 0.15) is 5.82 Å². The third kappa shape index (κ3) is 2.56. The molecule has 0 saturated carbocycles. The molecule has 1 aromatic carbocycles. The standard InChI is InChI=1S/C16H18N4/c1-2-17-11-15-18-9-10-20(15)12-14-6-3-5-13-7-4-8-19-16(13)14/h3-10,17H,2,11-12H2,1H3. The molecule has 0 amide bonds. The van der Waals surface area contributed by atoms with E-state index < -0.39 is 0 Å². The molecule has 0 fully saturated rings.